The summed E-state index contributed by atoms with van der Waals surface area (Å²) >= 11 is 0. The van der Waals surface area contributed by atoms with Crippen molar-refractivity contribution < 1.29 is 30.0 Å². The summed E-state index contributed by atoms with van der Waals surface area (Å²) in [7, 11) is 0. The molecule has 1 fully saturated rings. The summed E-state index contributed by atoms with van der Waals surface area (Å²) in [6, 6.07) is 0. The Hall–Kier alpha value is -0.690. The number of hydrogen-bond acceptors (Lipinski definition) is 6. The number of carbonyl (C=O) groups excluding carboxylic acids is 1. The molecule has 0 spiro atoms. The van der Waals surface area contributed by atoms with Crippen molar-refractivity contribution in [2.24, 2.45) is 0 Å². The van der Waals surface area contributed by atoms with Crippen molar-refractivity contribution in [1.29, 1.82) is 0 Å². The van der Waals surface area contributed by atoms with Crippen LogP contribution in [0, 0.1) is 0 Å². The number of aliphatic hydroxyl groups is 4. The fourth-order valence-corrected chi connectivity index (χ4v) is 1.05. The summed E-state index contributed by atoms with van der Waals surface area (Å²) in [5, 5.41) is 33.2. The summed E-state index contributed by atoms with van der Waals surface area (Å²) in [5.41, 5.74) is 0. The van der Waals surface area contributed by atoms with Gasteiger partial charge in [-0.25, -0.2) is 0 Å². The van der Waals surface area contributed by atoms with E-state index in [0.29, 0.717) is 13.0 Å². The van der Waals surface area contributed by atoms with Crippen LogP contribution in [0.15, 0.2) is 0 Å². The first kappa shape index (κ1) is 15.3. The lowest BCUT2D eigenvalue weighted by Crippen LogP contribution is -2.31. The molecule has 0 amide bonds. The maximum absolute atomic E-state index is 10.5. The van der Waals surface area contributed by atoms with Crippen LogP contribution in [0.1, 0.15) is 25.7 Å². The van der Waals surface area contributed by atoms with E-state index in [9.17, 15) is 4.79 Å². The van der Waals surface area contributed by atoms with E-state index in [1.54, 1.807) is 0 Å². The quantitative estimate of drug-likeness (QED) is 0.458. The molecule has 0 aliphatic carbocycles. The first-order valence-corrected chi connectivity index (χ1v) is 5.35. The van der Waals surface area contributed by atoms with Crippen molar-refractivity contribution in [1.82, 2.24) is 0 Å². The minimum atomic E-state index is -1.22. The topological polar surface area (TPSA) is 107 Å². The van der Waals surface area contributed by atoms with Crippen LogP contribution in [-0.4, -0.2) is 58.4 Å². The van der Waals surface area contributed by atoms with E-state index in [4.69, 9.17) is 25.2 Å². The SMILES string of the molecule is O=C1CCCCCO1.OCC(O)C(O)CO. The number of aliphatic hydroxyl groups excluding tert-OH is 4. The minimum Gasteiger partial charge on any atom is -0.466 e. The van der Waals surface area contributed by atoms with Crippen molar-refractivity contribution >= 4 is 5.97 Å². The molecule has 1 saturated heterocycles. The van der Waals surface area contributed by atoms with Gasteiger partial charge in [-0.2, -0.15) is 0 Å². The molecule has 4 N–H and O–H groups in total. The lowest BCUT2D eigenvalue weighted by atomic mass is 10.2. The van der Waals surface area contributed by atoms with E-state index in [1.165, 1.54) is 0 Å². The Morgan fingerprint density at radius 3 is 2.12 bits per heavy atom. The third-order valence-corrected chi connectivity index (χ3v) is 2.11. The third kappa shape index (κ3) is 7.58. The Bertz CT molecular complexity index is 166. The molecular formula is C10H20O6. The third-order valence-electron chi connectivity index (χ3n) is 2.11. The standard InChI is InChI=1S/C6H10O2.C4H10O4/c7-6-4-2-1-3-5-8-6;5-1-3(7)4(8)2-6/h1-5H2;3-8H,1-2H2. The van der Waals surface area contributed by atoms with Crippen LogP contribution < -0.4 is 0 Å². The Labute approximate surface area is 94.5 Å². The molecule has 1 aliphatic heterocycles. The summed E-state index contributed by atoms with van der Waals surface area (Å²) in [6.07, 6.45) is 1.39. The van der Waals surface area contributed by atoms with Crippen molar-refractivity contribution in [3.63, 3.8) is 0 Å². The zero-order valence-electron chi connectivity index (χ0n) is 9.21. The van der Waals surface area contributed by atoms with E-state index in [2.05, 4.69) is 0 Å². The highest BCUT2D eigenvalue weighted by atomic mass is 16.5. The highest BCUT2D eigenvalue weighted by Crippen LogP contribution is 2.06. The average molecular weight is 236 g/mol. The predicted octanol–water partition coefficient (Wildman–Crippen LogP) is -1.20. The lowest BCUT2D eigenvalue weighted by Gasteiger charge is -2.10. The van der Waals surface area contributed by atoms with Crippen LogP contribution >= 0.6 is 0 Å². The van der Waals surface area contributed by atoms with Gasteiger partial charge in [-0.05, 0) is 19.3 Å². The Kier molecular flexibility index (Phi) is 9.12. The number of ether oxygens (including phenoxy) is 1. The van der Waals surface area contributed by atoms with Gasteiger partial charge >= 0.3 is 5.97 Å². The number of carbonyl (C=O) groups is 1. The zero-order valence-corrected chi connectivity index (χ0v) is 9.21. The maximum atomic E-state index is 10.5. The second kappa shape index (κ2) is 9.53. The van der Waals surface area contributed by atoms with Gasteiger partial charge in [-0.15, -0.1) is 0 Å². The largest absolute Gasteiger partial charge is 0.466 e. The van der Waals surface area contributed by atoms with Gasteiger partial charge < -0.3 is 25.2 Å². The van der Waals surface area contributed by atoms with Gasteiger partial charge in [0.25, 0.3) is 0 Å². The van der Waals surface area contributed by atoms with Crippen molar-refractivity contribution in [2.45, 2.75) is 37.9 Å². The molecule has 1 rings (SSSR count). The van der Waals surface area contributed by atoms with Gasteiger partial charge in [0.15, 0.2) is 0 Å². The zero-order chi connectivity index (χ0) is 12.4. The van der Waals surface area contributed by atoms with Crippen LogP contribution in [0.4, 0.5) is 0 Å². The first-order valence-electron chi connectivity index (χ1n) is 5.35. The smallest absolute Gasteiger partial charge is 0.305 e. The van der Waals surface area contributed by atoms with Gasteiger partial charge in [-0.3, -0.25) is 4.79 Å². The molecule has 16 heavy (non-hydrogen) atoms. The van der Waals surface area contributed by atoms with Crippen LogP contribution in [0.25, 0.3) is 0 Å². The van der Waals surface area contributed by atoms with E-state index >= 15 is 0 Å². The fraction of sp³-hybridized carbons (Fsp3) is 0.900. The molecule has 1 aliphatic rings. The van der Waals surface area contributed by atoms with Crippen LogP contribution in [0.3, 0.4) is 0 Å². The summed E-state index contributed by atoms with van der Waals surface area (Å²) in [4.78, 5) is 10.5. The van der Waals surface area contributed by atoms with E-state index in [0.717, 1.165) is 19.3 Å². The van der Waals surface area contributed by atoms with Gasteiger partial charge in [0.05, 0.1) is 19.8 Å². The van der Waals surface area contributed by atoms with E-state index in [1.807, 2.05) is 0 Å². The Balaban J connectivity index is 0.000000281. The maximum Gasteiger partial charge on any atom is 0.305 e. The van der Waals surface area contributed by atoms with Crippen molar-refractivity contribution in [3.8, 4) is 0 Å². The highest BCUT2D eigenvalue weighted by molar-refractivity contribution is 5.69. The molecule has 2 unspecified atom stereocenters. The molecule has 1 heterocycles. The monoisotopic (exact) mass is 236 g/mol. The molecule has 96 valence electrons. The lowest BCUT2D eigenvalue weighted by molar-refractivity contribution is -0.142. The molecule has 0 bridgehead atoms. The number of esters is 1. The molecule has 0 radical (unpaired) electrons. The first-order chi connectivity index (χ1) is 7.61. The van der Waals surface area contributed by atoms with E-state index < -0.39 is 25.4 Å². The second-order valence-corrected chi connectivity index (χ2v) is 3.53. The molecule has 0 saturated carbocycles. The molecule has 0 aromatic heterocycles. The van der Waals surface area contributed by atoms with Crippen molar-refractivity contribution in [2.75, 3.05) is 19.8 Å². The molecule has 2 atom stereocenters. The molecule has 0 aromatic rings. The van der Waals surface area contributed by atoms with Crippen LogP contribution in [0.5, 0.6) is 0 Å². The highest BCUT2D eigenvalue weighted by Gasteiger charge is 2.12. The van der Waals surface area contributed by atoms with E-state index in [-0.39, 0.29) is 5.97 Å². The molecular weight excluding hydrogens is 216 g/mol. The Morgan fingerprint density at radius 2 is 1.62 bits per heavy atom. The summed E-state index contributed by atoms with van der Waals surface area (Å²) in [5.74, 6) is -0.0255. The predicted molar refractivity (Wildman–Crippen MR) is 55.6 cm³/mol. The van der Waals surface area contributed by atoms with Gasteiger partial charge in [0, 0.05) is 6.42 Å². The van der Waals surface area contributed by atoms with Gasteiger partial charge in [-0.1, -0.05) is 0 Å². The molecule has 6 heteroatoms. The molecule has 6 nitrogen and oxygen atoms in total. The number of cyclic esters (lactones) is 1. The van der Waals surface area contributed by atoms with Crippen LogP contribution in [-0.2, 0) is 9.53 Å². The van der Waals surface area contributed by atoms with Crippen LogP contribution in [0.2, 0.25) is 0 Å². The van der Waals surface area contributed by atoms with Crippen molar-refractivity contribution in [3.05, 3.63) is 0 Å². The van der Waals surface area contributed by atoms with Gasteiger partial charge in [0.2, 0.25) is 0 Å². The fourth-order valence-electron chi connectivity index (χ4n) is 1.05. The molecule has 0 aromatic carbocycles. The second-order valence-electron chi connectivity index (χ2n) is 3.53. The number of hydrogen-bond donors (Lipinski definition) is 4. The van der Waals surface area contributed by atoms with Gasteiger partial charge in [0.1, 0.15) is 12.2 Å². The minimum absolute atomic E-state index is 0.0255. The summed E-state index contributed by atoms with van der Waals surface area (Å²) in [6.45, 7) is -0.414. The average Bonchev–Trinajstić information content (AvgIpc) is 2.55. The normalized spacial score (nSPS) is 19.9. The number of rotatable bonds is 3. The Morgan fingerprint density at radius 1 is 1.06 bits per heavy atom. The summed E-state index contributed by atoms with van der Waals surface area (Å²) < 4.78 is 4.76.